The molecule has 0 saturated carbocycles. The molecule has 0 unspecified atom stereocenters. The zero-order valence-corrected chi connectivity index (χ0v) is 33.9. The van der Waals surface area contributed by atoms with E-state index in [1.807, 2.05) is 60.7 Å². The standard InChI is InChI=1S/C57H35N5O/c1-4-16-36(17-5-1)55-58-56(37-18-6-2-7-19-37)60-57(59-55)39-20-14-23-41(34-39)62-48-28-13-11-25-44(48)46-32-33-51-53(54(46)62)52-42(26-15-29-50(52)63-51)38-30-31-45-43-24-10-12-27-47(43)61(49(45)35-38)40-21-8-3-9-22-40/h1-35H. The highest BCUT2D eigenvalue weighted by Crippen LogP contribution is 2.45. The quantitative estimate of drug-likeness (QED) is 0.168. The summed E-state index contributed by atoms with van der Waals surface area (Å²) in [4.78, 5) is 15.1. The first-order chi connectivity index (χ1) is 31.2. The lowest BCUT2D eigenvalue weighted by atomic mass is 9.97. The van der Waals surface area contributed by atoms with Gasteiger partial charge in [0.1, 0.15) is 11.2 Å². The molecule has 4 aromatic heterocycles. The molecule has 6 heteroatoms. The Morgan fingerprint density at radius 2 is 0.841 bits per heavy atom. The van der Waals surface area contributed by atoms with Crippen LogP contribution in [0.1, 0.15) is 0 Å². The molecule has 0 bridgehead atoms. The first-order valence-electron chi connectivity index (χ1n) is 21.2. The van der Waals surface area contributed by atoms with E-state index < -0.39 is 0 Å². The van der Waals surface area contributed by atoms with Gasteiger partial charge in [-0.25, -0.2) is 15.0 Å². The van der Waals surface area contributed by atoms with Crippen molar-refractivity contribution in [2.75, 3.05) is 0 Å². The lowest BCUT2D eigenvalue weighted by Gasteiger charge is -2.12. The largest absolute Gasteiger partial charge is 0.456 e. The van der Waals surface area contributed by atoms with E-state index in [9.17, 15) is 0 Å². The van der Waals surface area contributed by atoms with E-state index in [0.717, 1.165) is 83.1 Å². The van der Waals surface area contributed by atoms with Crippen molar-refractivity contribution in [2.24, 2.45) is 0 Å². The molecule has 0 saturated heterocycles. The molecule has 0 aliphatic carbocycles. The molecule has 13 aromatic rings. The van der Waals surface area contributed by atoms with E-state index >= 15 is 0 Å². The number of rotatable bonds is 6. The third-order valence-electron chi connectivity index (χ3n) is 12.4. The summed E-state index contributed by atoms with van der Waals surface area (Å²) in [5.41, 5.74) is 13.3. The second kappa shape index (κ2) is 14.0. The van der Waals surface area contributed by atoms with Gasteiger partial charge in [-0.3, -0.25) is 0 Å². The Hall–Kier alpha value is -8.61. The number of benzene rings is 9. The summed E-state index contributed by atoms with van der Waals surface area (Å²) >= 11 is 0. The smallest absolute Gasteiger partial charge is 0.164 e. The molecule has 294 valence electrons. The van der Waals surface area contributed by atoms with Crippen LogP contribution in [0.15, 0.2) is 217 Å². The van der Waals surface area contributed by atoms with Crippen molar-refractivity contribution in [3.63, 3.8) is 0 Å². The van der Waals surface area contributed by atoms with Crippen molar-refractivity contribution in [3.8, 4) is 56.7 Å². The monoisotopic (exact) mass is 805 g/mol. The van der Waals surface area contributed by atoms with Crippen molar-refractivity contribution < 1.29 is 4.42 Å². The molecule has 13 rings (SSSR count). The number of furan rings is 1. The van der Waals surface area contributed by atoms with Gasteiger partial charge in [-0.15, -0.1) is 0 Å². The van der Waals surface area contributed by atoms with E-state index in [1.165, 1.54) is 21.7 Å². The van der Waals surface area contributed by atoms with Crippen LogP contribution >= 0.6 is 0 Å². The first-order valence-corrected chi connectivity index (χ1v) is 21.2. The van der Waals surface area contributed by atoms with Gasteiger partial charge in [0.15, 0.2) is 17.5 Å². The summed E-state index contributed by atoms with van der Waals surface area (Å²) in [6.45, 7) is 0. The highest BCUT2D eigenvalue weighted by atomic mass is 16.3. The van der Waals surface area contributed by atoms with E-state index in [2.05, 4.69) is 161 Å². The Labute approximate surface area is 361 Å². The fourth-order valence-corrected chi connectivity index (χ4v) is 9.58. The second-order valence-corrected chi connectivity index (χ2v) is 16.0. The fraction of sp³-hybridized carbons (Fsp3) is 0. The van der Waals surface area contributed by atoms with E-state index in [0.29, 0.717) is 17.5 Å². The van der Waals surface area contributed by atoms with Crippen molar-refractivity contribution in [1.82, 2.24) is 24.1 Å². The summed E-state index contributed by atoms with van der Waals surface area (Å²) < 4.78 is 11.6. The van der Waals surface area contributed by atoms with Crippen LogP contribution < -0.4 is 0 Å². The molecule has 0 spiro atoms. The predicted molar refractivity (Wildman–Crippen MR) is 258 cm³/mol. The van der Waals surface area contributed by atoms with Crippen LogP contribution in [0, 0.1) is 0 Å². The molecule has 0 amide bonds. The summed E-state index contributed by atoms with van der Waals surface area (Å²) in [6, 6.07) is 74.4. The minimum atomic E-state index is 0.606. The maximum atomic E-state index is 6.80. The second-order valence-electron chi connectivity index (χ2n) is 16.0. The topological polar surface area (TPSA) is 61.7 Å². The fourth-order valence-electron chi connectivity index (χ4n) is 9.58. The van der Waals surface area contributed by atoms with Crippen LogP contribution in [-0.4, -0.2) is 24.1 Å². The summed E-state index contributed by atoms with van der Waals surface area (Å²) in [5.74, 6) is 1.86. The zero-order valence-electron chi connectivity index (χ0n) is 33.9. The zero-order chi connectivity index (χ0) is 41.4. The molecular weight excluding hydrogens is 771 g/mol. The number of fused-ring (bicyclic) bond motifs is 10. The molecule has 0 aliphatic rings. The Kier molecular flexibility index (Phi) is 7.80. The first kappa shape index (κ1) is 35.2. The van der Waals surface area contributed by atoms with Gasteiger partial charge in [-0.2, -0.15) is 0 Å². The number of hydrogen-bond donors (Lipinski definition) is 0. The van der Waals surface area contributed by atoms with E-state index in [4.69, 9.17) is 19.4 Å². The molecule has 9 aromatic carbocycles. The molecule has 0 fully saturated rings. The van der Waals surface area contributed by atoms with Gasteiger partial charge in [-0.1, -0.05) is 152 Å². The normalized spacial score (nSPS) is 11.8. The SMILES string of the molecule is c1ccc(-c2nc(-c3ccccc3)nc(-c3cccc(-n4c5ccccc5c5ccc6oc7cccc(-c8ccc9c%10ccccc%10n(-c%10ccccc%10)c9c8)c7c6c54)c3)n2)cc1. The Bertz CT molecular complexity index is 3850. The number of hydrogen-bond acceptors (Lipinski definition) is 4. The number of para-hydroxylation sites is 3. The Morgan fingerprint density at radius 3 is 1.56 bits per heavy atom. The molecular formula is C57H35N5O. The molecule has 0 radical (unpaired) electrons. The van der Waals surface area contributed by atoms with Crippen LogP contribution in [0.25, 0.3) is 122 Å². The van der Waals surface area contributed by atoms with Gasteiger partial charge in [0.05, 0.1) is 27.5 Å². The third-order valence-corrected chi connectivity index (χ3v) is 12.4. The highest BCUT2D eigenvalue weighted by molar-refractivity contribution is 6.27. The van der Waals surface area contributed by atoms with Gasteiger partial charge in [0, 0.05) is 55.0 Å². The van der Waals surface area contributed by atoms with Gasteiger partial charge in [0.2, 0.25) is 0 Å². The maximum Gasteiger partial charge on any atom is 0.164 e. The minimum absolute atomic E-state index is 0.606. The lowest BCUT2D eigenvalue weighted by Crippen LogP contribution is -2.01. The maximum absolute atomic E-state index is 6.80. The van der Waals surface area contributed by atoms with Crippen molar-refractivity contribution >= 4 is 65.6 Å². The van der Waals surface area contributed by atoms with Crippen LogP contribution in [0.5, 0.6) is 0 Å². The summed E-state index contributed by atoms with van der Waals surface area (Å²) in [6.07, 6.45) is 0. The third kappa shape index (κ3) is 5.55. The molecule has 4 heterocycles. The van der Waals surface area contributed by atoms with Gasteiger partial charge < -0.3 is 13.6 Å². The summed E-state index contributed by atoms with van der Waals surface area (Å²) in [5, 5.41) is 6.92. The number of aromatic nitrogens is 5. The lowest BCUT2D eigenvalue weighted by molar-refractivity contribution is 0.669. The molecule has 0 atom stereocenters. The minimum Gasteiger partial charge on any atom is -0.456 e. The van der Waals surface area contributed by atoms with Crippen molar-refractivity contribution in [2.45, 2.75) is 0 Å². The van der Waals surface area contributed by atoms with Gasteiger partial charge in [-0.05, 0) is 71.8 Å². The predicted octanol–water partition coefficient (Wildman–Crippen LogP) is 14.6. The molecule has 6 nitrogen and oxygen atoms in total. The molecule has 0 N–H and O–H groups in total. The Morgan fingerprint density at radius 1 is 0.317 bits per heavy atom. The number of nitrogens with zero attached hydrogens (tertiary/aromatic N) is 5. The summed E-state index contributed by atoms with van der Waals surface area (Å²) in [7, 11) is 0. The van der Waals surface area contributed by atoms with E-state index in [-0.39, 0.29) is 0 Å². The molecule has 63 heavy (non-hydrogen) atoms. The molecule has 0 aliphatic heterocycles. The average molecular weight is 806 g/mol. The van der Waals surface area contributed by atoms with Crippen LogP contribution in [0.4, 0.5) is 0 Å². The van der Waals surface area contributed by atoms with Crippen LogP contribution in [-0.2, 0) is 0 Å². The van der Waals surface area contributed by atoms with Gasteiger partial charge in [0.25, 0.3) is 0 Å². The van der Waals surface area contributed by atoms with Crippen LogP contribution in [0.3, 0.4) is 0 Å². The average Bonchev–Trinajstić information content (AvgIpc) is 4.02. The van der Waals surface area contributed by atoms with Crippen LogP contribution in [0.2, 0.25) is 0 Å². The van der Waals surface area contributed by atoms with Crippen molar-refractivity contribution in [1.29, 1.82) is 0 Å². The Balaban J connectivity index is 1.06. The van der Waals surface area contributed by atoms with E-state index in [1.54, 1.807) is 0 Å². The van der Waals surface area contributed by atoms with Crippen molar-refractivity contribution in [3.05, 3.63) is 212 Å². The highest BCUT2D eigenvalue weighted by Gasteiger charge is 2.23. The van der Waals surface area contributed by atoms with Gasteiger partial charge >= 0.3 is 0 Å².